The van der Waals surface area contributed by atoms with Gasteiger partial charge in [0, 0.05) is 0 Å². The standard InChI is InChI=1S/C6H3Cl2F3N2/c1-2-3(6(9,10)11)4(7)13-5(8)12-2/h1H3. The number of hydrogen-bond donors (Lipinski definition) is 0. The smallest absolute Gasteiger partial charge is 0.223 e. The molecule has 1 heterocycles. The van der Waals surface area contributed by atoms with Gasteiger partial charge in [0.15, 0.2) is 0 Å². The monoisotopic (exact) mass is 230 g/mol. The Kier molecular flexibility index (Phi) is 2.68. The maximum Gasteiger partial charge on any atom is 0.421 e. The van der Waals surface area contributed by atoms with Crippen LogP contribution in [0.15, 0.2) is 0 Å². The second-order valence-corrected chi connectivity index (χ2v) is 2.94. The van der Waals surface area contributed by atoms with Gasteiger partial charge in [0.25, 0.3) is 0 Å². The molecule has 0 fully saturated rings. The summed E-state index contributed by atoms with van der Waals surface area (Å²) >= 11 is 10.6. The summed E-state index contributed by atoms with van der Waals surface area (Å²) in [5.41, 5.74) is -1.32. The Bertz CT molecular complexity index is 314. The Morgan fingerprint density at radius 1 is 1.15 bits per heavy atom. The van der Waals surface area contributed by atoms with Crippen molar-refractivity contribution in [1.82, 2.24) is 9.97 Å². The Hall–Kier alpha value is -0.550. The number of aromatic nitrogens is 2. The number of hydrogen-bond acceptors (Lipinski definition) is 2. The summed E-state index contributed by atoms with van der Waals surface area (Å²) in [7, 11) is 0. The summed E-state index contributed by atoms with van der Waals surface area (Å²) < 4.78 is 36.7. The third kappa shape index (κ3) is 2.22. The molecule has 0 aliphatic heterocycles. The molecule has 1 aromatic rings. The van der Waals surface area contributed by atoms with Gasteiger partial charge in [-0.05, 0) is 18.5 Å². The van der Waals surface area contributed by atoms with Crippen LogP contribution < -0.4 is 0 Å². The van der Waals surface area contributed by atoms with Crippen molar-refractivity contribution in [2.45, 2.75) is 13.1 Å². The Balaban J connectivity index is 3.38. The highest BCUT2D eigenvalue weighted by Gasteiger charge is 2.36. The minimum atomic E-state index is -4.55. The summed E-state index contributed by atoms with van der Waals surface area (Å²) in [5, 5.41) is -0.972. The first kappa shape index (κ1) is 10.5. The predicted molar refractivity (Wildman–Crippen MR) is 41.8 cm³/mol. The minimum Gasteiger partial charge on any atom is -0.223 e. The molecule has 72 valence electrons. The summed E-state index contributed by atoms with van der Waals surface area (Å²) in [4.78, 5) is 6.55. The van der Waals surface area contributed by atoms with Crippen LogP contribution in [0.1, 0.15) is 11.3 Å². The molecule has 13 heavy (non-hydrogen) atoms. The highest BCUT2D eigenvalue weighted by Crippen LogP contribution is 2.35. The van der Waals surface area contributed by atoms with Crippen LogP contribution in [-0.2, 0) is 6.18 Å². The van der Waals surface area contributed by atoms with E-state index in [9.17, 15) is 13.2 Å². The summed E-state index contributed by atoms with van der Waals surface area (Å²) in [6.45, 7) is 1.17. The maximum absolute atomic E-state index is 12.2. The lowest BCUT2D eigenvalue weighted by molar-refractivity contribution is -0.138. The summed E-state index contributed by atoms with van der Waals surface area (Å²) in [6.07, 6.45) is -4.55. The first-order chi connectivity index (χ1) is 5.82. The van der Waals surface area contributed by atoms with Crippen molar-refractivity contribution in [3.63, 3.8) is 0 Å². The van der Waals surface area contributed by atoms with Gasteiger partial charge in [0.05, 0.1) is 5.69 Å². The molecule has 0 N–H and O–H groups in total. The van der Waals surface area contributed by atoms with Crippen molar-refractivity contribution in [2.24, 2.45) is 0 Å². The van der Waals surface area contributed by atoms with Crippen molar-refractivity contribution in [3.8, 4) is 0 Å². The van der Waals surface area contributed by atoms with Gasteiger partial charge >= 0.3 is 6.18 Å². The molecular weight excluding hydrogens is 228 g/mol. The molecule has 1 rings (SSSR count). The van der Waals surface area contributed by atoms with E-state index in [0.717, 1.165) is 0 Å². The molecule has 0 bridgehead atoms. The first-order valence-electron chi connectivity index (χ1n) is 3.09. The molecule has 0 saturated heterocycles. The second kappa shape index (κ2) is 3.31. The lowest BCUT2D eigenvalue weighted by Crippen LogP contribution is -2.11. The Labute approximate surface area is 81.7 Å². The van der Waals surface area contributed by atoms with E-state index in [1.165, 1.54) is 6.92 Å². The van der Waals surface area contributed by atoms with E-state index >= 15 is 0 Å². The molecule has 1 aromatic heterocycles. The average Bonchev–Trinajstić information content (AvgIpc) is 1.78. The van der Waals surface area contributed by atoms with Crippen molar-refractivity contribution in [3.05, 3.63) is 21.7 Å². The highest BCUT2D eigenvalue weighted by atomic mass is 35.5. The van der Waals surface area contributed by atoms with Gasteiger partial charge in [0.1, 0.15) is 10.7 Å². The van der Waals surface area contributed by atoms with Crippen LogP contribution in [0.5, 0.6) is 0 Å². The molecule has 0 aliphatic rings. The van der Waals surface area contributed by atoms with Gasteiger partial charge in [-0.1, -0.05) is 11.6 Å². The van der Waals surface area contributed by atoms with E-state index in [0.29, 0.717) is 0 Å². The van der Waals surface area contributed by atoms with Crippen LogP contribution in [-0.4, -0.2) is 9.97 Å². The van der Waals surface area contributed by atoms with E-state index in [1.807, 2.05) is 0 Å². The zero-order valence-corrected chi connectivity index (χ0v) is 7.80. The first-order valence-corrected chi connectivity index (χ1v) is 3.85. The number of aryl methyl sites for hydroxylation is 1. The van der Waals surface area contributed by atoms with Crippen LogP contribution in [0.25, 0.3) is 0 Å². The molecule has 0 unspecified atom stereocenters. The van der Waals surface area contributed by atoms with Crippen LogP contribution in [0.3, 0.4) is 0 Å². The molecule has 0 saturated carbocycles. The fourth-order valence-corrected chi connectivity index (χ4v) is 1.41. The quantitative estimate of drug-likeness (QED) is 0.506. The van der Waals surface area contributed by atoms with Gasteiger partial charge in [-0.25, -0.2) is 9.97 Å². The summed E-state index contributed by atoms with van der Waals surface area (Å²) in [5.74, 6) is 0. The molecule has 0 aromatic carbocycles. The number of alkyl halides is 3. The molecule has 0 aliphatic carbocycles. The lowest BCUT2D eigenvalue weighted by Gasteiger charge is -2.10. The minimum absolute atomic E-state index is 0.280. The van der Waals surface area contributed by atoms with Gasteiger partial charge in [-0.2, -0.15) is 13.2 Å². The average molecular weight is 231 g/mol. The molecule has 0 amide bonds. The Morgan fingerprint density at radius 2 is 1.69 bits per heavy atom. The highest BCUT2D eigenvalue weighted by molar-refractivity contribution is 6.32. The molecule has 7 heteroatoms. The van der Waals surface area contributed by atoms with Gasteiger partial charge < -0.3 is 0 Å². The van der Waals surface area contributed by atoms with Crippen molar-refractivity contribution in [2.75, 3.05) is 0 Å². The molecule has 0 spiro atoms. The Morgan fingerprint density at radius 3 is 2.08 bits per heavy atom. The maximum atomic E-state index is 12.2. The zero-order chi connectivity index (χ0) is 10.2. The van der Waals surface area contributed by atoms with Gasteiger partial charge in [-0.3, -0.25) is 0 Å². The van der Waals surface area contributed by atoms with Crippen LogP contribution >= 0.6 is 23.2 Å². The number of halogens is 5. The van der Waals surface area contributed by atoms with Crippen LogP contribution in [0, 0.1) is 6.92 Å². The topological polar surface area (TPSA) is 25.8 Å². The molecule has 0 radical (unpaired) electrons. The molecule has 2 nitrogen and oxygen atoms in total. The normalized spacial score (nSPS) is 11.8. The third-order valence-corrected chi connectivity index (χ3v) is 1.74. The van der Waals surface area contributed by atoms with Crippen molar-refractivity contribution in [1.29, 1.82) is 0 Å². The number of nitrogens with zero attached hydrogens (tertiary/aromatic N) is 2. The number of rotatable bonds is 0. The third-order valence-electron chi connectivity index (χ3n) is 1.30. The van der Waals surface area contributed by atoms with E-state index in [2.05, 4.69) is 9.97 Å². The van der Waals surface area contributed by atoms with Crippen LogP contribution in [0.2, 0.25) is 10.4 Å². The van der Waals surface area contributed by atoms with Crippen molar-refractivity contribution >= 4 is 23.2 Å². The molecular formula is C6H3Cl2F3N2. The lowest BCUT2D eigenvalue weighted by atomic mass is 10.2. The largest absolute Gasteiger partial charge is 0.421 e. The SMILES string of the molecule is Cc1nc(Cl)nc(Cl)c1C(F)(F)F. The predicted octanol–water partition coefficient (Wildman–Crippen LogP) is 3.11. The second-order valence-electron chi connectivity index (χ2n) is 2.24. The zero-order valence-electron chi connectivity index (χ0n) is 6.28. The molecule has 0 atom stereocenters. The summed E-state index contributed by atoms with van der Waals surface area (Å²) in [6, 6.07) is 0. The van der Waals surface area contributed by atoms with Crippen LogP contribution in [0.4, 0.5) is 13.2 Å². The fourth-order valence-electron chi connectivity index (χ4n) is 0.828. The van der Waals surface area contributed by atoms with Gasteiger partial charge in [0.2, 0.25) is 5.28 Å². The van der Waals surface area contributed by atoms with Gasteiger partial charge in [-0.15, -0.1) is 0 Å². The van der Waals surface area contributed by atoms with E-state index < -0.39 is 16.9 Å². The van der Waals surface area contributed by atoms with Crippen molar-refractivity contribution < 1.29 is 13.2 Å². The van der Waals surface area contributed by atoms with E-state index in [1.54, 1.807) is 0 Å². The van der Waals surface area contributed by atoms with E-state index in [4.69, 9.17) is 23.2 Å². The fraction of sp³-hybridized carbons (Fsp3) is 0.333. The van der Waals surface area contributed by atoms with E-state index in [-0.39, 0.29) is 11.0 Å².